The molecule has 2 aliphatic rings. The van der Waals surface area contributed by atoms with E-state index < -0.39 is 0 Å². The Balaban J connectivity index is 1.92. The summed E-state index contributed by atoms with van der Waals surface area (Å²) >= 11 is 0. The van der Waals surface area contributed by atoms with Gasteiger partial charge in [-0.05, 0) is 6.92 Å². The molecule has 1 atom stereocenters. The van der Waals surface area contributed by atoms with Crippen LogP contribution in [0.2, 0.25) is 0 Å². The minimum Gasteiger partial charge on any atom is -0.378 e. The molecule has 2 heterocycles. The van der Waals surface area contributed by atoms with Gasteiger partial charge in [0.2, 0.25) is 0 Å². The molecule has 0 aromatic rings. The second-order valence-corrected chi connectivity index (χ2v) is 4.00. The summed E-state index contributed by atoms with van der Waals surface area (Å²) in [5.41, 5.74) is 0. The van der Waals surface area contributed by atoms with Crippen molar-refractivity contribution in [1.29, 1.82) is 0 Å². The zero-order chi connectivity index (χ0) is 10.7. The van der Waals surface area contributed by atoms with E-state index in [0.29, 0.717) is 46.1 Å². The largest absolute Gasteiger partial charge is 0.378 e. The Morgan fingerprint density at radius 2 is 1.80 bits per heavy atom. The molecular formula is C10H18N2O3. The maximum Gasteiger partial charge on any atom is 0.320 e. The van der Waals surface area contributed by atoms with Crippen LogP contribution < -0.4 is 0 Å². The SMILES string of the molecule is CC1COCCN1C(=O)N1CCOCC1. The van der Waals surface area contributed by atoms with Crippen molar-refractivity contribution in [2.45, 2.75) is 13.0 Å². The molecule has 0 radical (unpaired) electrons. The van der Waals surface area contributed by atoms with E-state index in [4.69, 9.17) is 9.47 Å². The van der Waals surface area contributed by atoms with Crippen LogP contribution in [0.5, 0.6) is 0 Å². The van der Waals surface area contributed by atoms with E-state index in [0.717, 1.165) is 0 Å². The Kier molecular flexibility index (Phi) is 3.43. The summed E-state index contributed by atoms with van der Waals surface area (Å²) < 4.78 is 10.5. The molecule has 1 unspecified atom stereocenters. The molecule has 2 amide bonds. The van der Waals surface area contributed by atoms with E-state index in [1.807, 2.05) is 16.7 Å². The predicted molar refractivity (Wildman–Crippen MR) is 54.8 cm³/mol. The van der Waals surface area contributed by atoms with Crippen LogP contribution in [0, 0.1) is 0 Å². The molecule has 0 saturated carbocycles. The molecule has 5 heteroatoms. The Labute approximate surface area is 89.9 Å². The number of rotatable bonds is 0. The van der Waals surface area contributed by atoms with E-state index in [-0.39, 0.29) is 12.1 Å². The number of hydrogen-bond acceptors (Lipinski definition) is 3. The summed E-state index contributed by atoms with van der Waals surface area (Å²) in [5.74, 6) is 0. The zero-order valence-electron chi connectivity index (χ0n) is 9.15. The molecule has 2 saturated heterocycles. The Hall–Kier alpha value is -0.810. The van der Waals surface area contributed by atoms with Crippen molar-refractivity contribution in [3.05, 3.63) is 0 Å². The first-order valence-electron chi connectivity index (χ1n) is 5.50. The van der Waals surface area contributed by atoms with Crippen LogP contribution in [0.4, 0.5) is 4.79 Å². The van der Waals surface area contributed by atoms with Crippen LogP contribution in [-0.4, -0.2) is 67.9 Å². The number of ether oxygens (including phenoxy) is 2. The number of carbonyl (C=O) groups excluding carboxylic acids is 1. The normalized spacial score (nSPS) is 27.9. The van der Waals surface area contributed by atoms with Gasteiger partial charge in [0.15, 0.2) is 0 Å². The Morgan fingerprint density at radius 3 is 2.47 bits per heavy atom. The van der Waals surface area contributed by atoms with Crippen molar-refractivity contribution in [2.75, 3.05) is 46.1 Å². The van der Waals surface area contributed by atoms with Gasteiger partial charge in [0, 0.05) is 19.6 Å². The highest BCUT2D eigenvalue weighted by Crippen LogP contribution is 2.10. The first kappa shape index (κ1) is 10.7. The zero-order valence-corrected chi connectivity index (χ0v) is 9.15. The van der Waals surface area contributed by atoms with Gasteiger partial charge in [-0.1, -0.05) is 0 Å². The summed E-state index contributed by atoms with van der Waals surface area (Å²) in [5, 5.41) is 0. The monoisotopic (exact) mass is 214 g/mol. The van der Waals surface area contributed by atoms with E-state index in [1.165, 1.54) is 0 Å². The van der Waals surface area contributed by atoms with Crippen LogP contribution in [-0.2, 0) is 9.47 Å². The Bertz CT molecular complexity index is 229. The van der Waals surface area contributed by atoms with Crippen LogP contribution in [0.3, 0.4) is 0 Å². The third-order valence-electron chi connectivity index (χ3n) is 2.89. The number of morpholine rings is 2. The second-order valence-electron chi connectivity index (χ2n) is 4.00. The highest BCUT2D eigenvalue weighted by atomic mass is 16.5. The molecule has 86 valence electrons. The number of urea groups is 1. The van der Waals surface area contributed by atoms with Crippen LogP contribution >= 0.6 is 0 Å². The fourth-order valence-corrected chi connectivity index (χ4v) is 1.95. The standard InChI is InChI=1S/C10H18N2O3/c1-9-8-15-7-4-12(9)10(13)11-2-5-14-6-3-11/h9H,2-8H2,1H3. The molecular weight excluding hydrogens is 196 g/mol. The summed E-state index contributed by atoms with van der Waals surface area (Å²) in [6.07, 6.45) is 0. The van der Waals surface area contributed by atoms with Gasteiger partial charge in [-0.25, -0.2) is 4.79 Å². The third kappa shape index (κ3) is 2.41. The quantitative estimate of drug-likeness (QED) is 0.577. The van der Waals surface area contributed by atoms with Gasteiger partial charge in [-0.3, -0.25) is 0 Å². The molecule has 0 N–H and O–H groups in total. The molecule has 2 fully saturated rings. The highest BCUT2D eigenvalue weighted by molar-refractivity contribution is 5.75. The van der Waals surface area contributed by atoms with Crippen molar-refractivity contribution in [2.24, 2.45) is 0 Å². The first-order valence-corrected chi connectivity index (χ1v) is 5.50. The summed E-state index contributed by atoms with van der Waals surface area (Å²) in [6, 6.07) is 0.322. The fourth-order valence-electron chi connectivity index (χ4n) is 1.95. The lowest BCUT2D eigenvalue weighted by molar-refractivity contribution is -0.00339. The van der Waals surface area contributed by atoms with E-state index in [1.54, 1.807) is 0 Å². The van der Waals surface area contributed by atoms with Gasteiger partial charge in [0.1, 0.15) is 0 Å². The lowest BCUT2D eigenvalue weighted by Gasteiger charge is -2.38. The lowest BCUT2D eigenvalue weighted by Crippen LogP contribution is -2.54. The smallest absolute Gasteiger partial charge is 0.320 e. The maximum absolute atomic E-state index is 12.1. The van der Waals surface area contributed by atoms with Gasteiger partial charge in [0.25, 0.3) is 0 Å². The van der Waals surface area contributed by atoms with Gasteiger partial charge in [0.05, 0.1) is 32.5 Å². The minimum absolute atomic E-state index is 0.133. The summed E-state index contributed by atoms with van der Waals surface area (Å²) in [7, 11) is 0. The van der Waals surface area contributed by atoms with Crippen molar-refractivity contribution >= 4 is 6.03 Å². The Morgan fingerprint density at radius 1 is 1.13 bits per heavy atom. The molecule has 0 spiro atoms. The lowest BCUT2D eigenvalue weighted by atomic mass is 10.2. The average Bonchev–Trinajstić information content (AvgIpc) is 2.30. The average molecular weight is 214 g/mol. The van der Waals surface area contributed by atoms with Crippen molar-refractivity contribution in [1.82, 2.24) is 9.80 Å². The van der Waals surface area contributed by atoms with Crippen molar-refractivity contribution in [3.63, 3.8) is 0 Å². The second kappa shape index (κ2) is 4.81. The van der Waals surface area contributed by atoms with Gasteiger partial charge < -0.3 is 19.3 Å². The molecule has 0 aromatic carbocycles. The minimum atomic E-state index is 0.133. The molecule has 15 heavy (non-hydrogen) atoms. The molecule has 0 aliphatic carbocycles. The highest BCUT2D eigenvalue weighted by Gasteiger charge is 2.28. The number of nitrogens with zero attached hydrogens (tertiary/aromatic N) is 2. The van der Waals surface area contributed by atoms with Crippen LogP contribution in [0.1, 0.15) is 6.92 Å². The molecule has 5 nitrogen and oxygen atoms in total. The fraction of sp³-hybridized carbons (Fsp3) is 0.900. The maximum atomic E-state index is 12.1. The van der Waals surface area contributed by atoms with E-state index >= 15 is 0 Å². The van der Waals surface area contributed by atoms with Crippen LogP contribution in [0.15, 0.2) is 0 Å². The van der Waals surface area contributed by atoms with Crippen LogP contribution in [0.25, 0.3) is 0 Å². The topological polar surface area (TPSA) is 42.0 Å². The number of carbonyl (C=O) groups is 1. The van der Waals surface area contributed by atoms with E-state index in [2.05, 4.69) is 0 Å². The van der Waals surface area contributed by atoms with Crippen molar-refractivity contribution in [3.8, 4) is 0 Å². The van der Waals surface area contributed by atoms with Gasteiger partial charge in [-0.2, -0.15) is 0 Å². The summed E-state index contributed by atoms with van der Waals surface area (Å²) in [4.78, 5) is 15.9. The summed E-state index contributed by atoms with van der Waals surface area (Å²) in [6.45, 7) is 6.77. The molecule has 0 aromatic heterocycles. The number of hydrogen-bond donors (Lipinski definition) is 0. The van der Waals surface area contributed by atoms with Gasteiger partial charge >= 0.3 is 6.03 Å². The third-order valence-corrected chi connectivity index (χ3v) is 2.89. The van der Waals surface area contributed by atoms with Gasteiger partial charge in [-0.15, -0.1) is 0 Å². The molecule has 2 aliphatic heterocycles. The first-order chi connectivity index (χ1) is 7.29. The molecule has 0 bridgehead atoms. The van der Waals surface area contributed by atoms with Crippen molar-refractivity contribution < 1.29 is 14.3 Å². The molecule has 2 rings (SSSR count). The predicted octanol–water partition coefficient (Wildman–Crippen LogP) is 0.159. The number of amides is 2. The van der Waals surface area contributed by atoms with E-state index in [9.17, 15) is 4.79 Å².